The number of carboxylic acid groups (broad SMARTS) is 1. The van der Waals surface area contributed by atoms with Crippen LogP contribution in [-0.4, -0.2) is 59.6 Å². The van der Waals surface area contributed by atoms with E-state index in [1.807, 2.05) is 0 Å². The van der Waals surface area contributed by atoms with Crippen LogP contribution in [0.15, 0.2) is 0 Å². The van der Waals surface area contributed by atoms with Crippen LogP contribution >= 0.6 is 0 Å². The van der Waals surface area contributed by atoms with Crippen molar-refractivity contribution in [2.45, 2.75) is 18.2 Å². The Kier molecular flexibility index (Phi) is 2.11. The van der Waals surface area contributed by atoms with E-state index in [1.165, 1.54) is 0 Å². The predicted molar refractivity (Wildman–Crippen MR) is 37.8 cm³/mol. The Hall–Kier alpha value is -0.650. The number of quaternary nitrogens is 1. The molecular formula is C7H13NO4. The summed E-state index contributed by atoms with van der Waals surface area (Å²) in [5.41, 5.74) is 0. The summed E-state index contributed by atoms with van der Waals surface area (Å²) in [4.78, 5) is 10.6. The first-order valence-corrected chi connectivity index (χ1v) is 3.76. The Labute approximate surface area is 70.4 Å². The molecule has 0 saturated carbocycles. The van der Waals surface area contributed by atoms with Crippen molar-refractivity contribution in [3.8, 4) is 0 Å². The normalized spacial score (nSPS) is 39.8. The highest BCUT2D eigenvalue weighted by atomic mass is 16.4. The average Bonchev–Trinajstić information content (AvgIpc) is 2.01. The Bertz CT molecular complexity index is 204. The summed E-state index contributed by atoms with van der Waals surface area (Å²) in [6.07, 6.45) is -2.19. The molecule has 1 aliphatic heterocycles. The molecule has 0 radical (unpaired) electrons. The van der Waals surface area contributed by atoms with Gasteiger partial charge in [0.2, 0.25) is 0 Å². The predicted octanol–water partition coefficient (Wildman–Crippen LogP) is -3.08. The first-order valence-electron chi connectivity index (χ1n) is 3.76. The number of nitrogens with zero attached hydrogens (tertiary/aromatic N) is 1. The zero-order valence-corrected chi connectivity index (χ0v) is 7.10. The molecule has 2 N–H and O–H groups in total. The molecule has 0 aliphatic carbocycles. The SMILES string of the molecule is C[N+]1(C)C[C@@H](O)[C@H](O)[C@H]1C(=O)[O-]. The van der Waals surface area contributed by atoms with E-state index in [4.69, 9.17) is 0 Å². The largest absolute Gasteiger partial charge is 0.544 e. The third-order valence-electron chi connectivity index (χ3n) is 2.37. The van der Waals surface area contributed by atoms with Crippen molar-refractivity contribution in [3.63, 3.8) is 0 Å². The summed E-state index contributed by atoms with van der Waals surface area (Å²) in [5, 5.41) is 29.0. The number of aliphatic carboxylic acids is 1. The number of carbonyl (C=O) groups excluding carboxylic acids is 1. The van der Waals surface area contributed by atoms with Gasteiger partial charge in [-0.1, -0.05) is 0 Å². The van der Waals surface area contributed by atoms with Crippen LogP contribution < -0.4 is 5.11 Å². The van der Waals surface area contributed by atoms with Gasteiger partial charge >= 0.3 is 0 Å². The van der Waals surface area contributed by atoms with Gasteiger partial charge in [-0.3, -0.25) is 0 Å². The number of hydrogen-bond acceptors (Lipinski definition) is 4. The van der Waals surface area contributed by atoms with Crippen LogP contribution in [0.4, 0.5) is 0 Å². The van der Waals surface area contributed by atoms with Gasteiger partial charge in [0.05, 0.1) is 14.1 Å². The van der Waals surface area contributed by atoms with E-state index in [9.17, 15) is 20.1 Å². The molecular weight excluding hydrogens is 162 g/mol. The van der Waals surface area contributed by atoms with Gasteiger partial charge in [0.15, 0.2) is 6.04 Å². The van der Waals surface area contributed by atoms with Crippen molar-refractivity contribution >= 4 is 5.97 Å². The van der Waals surface area contributed by atoms with Gasteiger partial charge < -0.3 is 24.6 Å². The molecule has 0 aromatic heterocycles. The third kappa shape index (κ3) is 1.31. The number of carbonyl (C=O) groups is 1. The van der Waals surface area contributed by atoms with Gasteiger partial charge in [-0.15, -0.1) is 0 Å². The summed E-state index contributed by atoms with van der Waals surface area (Å²) in [7, 11) is 3.28. The molecule has 0 bridgehead atoms. The summed E-state index contributed by atoms with van der Waals surface area (Å²) < 4.78 is 0.0602. The summed E-state index contributed by atoms with van der Waals surface area (Å²) in [5.74, 6) is -1.32. The van der Waals surface area contributed by atoms with E-state index in [1.54, 1.807) is 14.1 Å². The fraction of sp³-hybridized carbons (Fsp3) is 0.857. The Balaban J connectivity index is 2.89. The number of carboxylic acids is 1. The fourth-order valence-electron chi connectivity index (χ4n) is 1.75. The number of aliphatic hydroxyl groups is 2. The maximum absolute atomic E-state index is 10.6. The van der Waals surface area contributed by atoms with E-state index in [-0.39, 0.29) is 11.0 Å². The second-order valence-corrected chi connectivity index (χ2v) is 3.78. The minimum Gasteiger partial charge on any atom is -0.544 e. The van der Waals surface area contributed by atoms with Gasteiger partial charge in [-0.05, 0) is 0 Å². The zero-order chi connectivity index (χ0) is 9.52. The van der Waals surface area contributed by atoms with E-state index >= 15 is 0 Å². The minimum atomic E-state index is -1.32. The van der Waals surface area contributed by atoms with Gasteiger partial charge in [-0.25, -0.2) is 0 Å². The van der Waals surface area contributed by atoms with E-state index in [0.717, 1.165) is 0 Å². The highest BCUT2D eigenvalue weighted by Crippen LogP contribution is 2.22. The van der Waals surface area contributed by atoms with Crippen molar-refractivity contribution in [1.29, 1.82) is 0 Å². The first kappa shape index (κ1) is 9.44. The van der Waals surface area contributed by atoms with Crippen LogP contribution in [0.1, 0.15) is 0 Å². The van der Waals surface area contributed by atoms with E-state index in [2.05, 4.69) is 0 Å². The van der Waals surface area contributed by atoms with Crippen LogP contribution in [0, 0.1) is 0 Å². The van der Waals surface area contributed by atoms with Crippen molar-refractivity contribution in [2.75, 3.05) is 20.6 Å². The molecule has 1 rings (SSSR count). The molecule has 1 aliphatic rings. The van der Waals surface area contributed by atoms with Crippen LogP contribution in [0.25, 0.3) is 0 Å². The van der Waals surface area contributed by atoms with Gasteiger partial charge in [-0.2, -0.15) is 0 Å². The van der Waals surface area contributed by atoms with Gasteiger partial charge in [0, 0.05) is 0 Å². The number of likely N-dealkylation sites (N-methyl/N-ethyl adjacent to an activating group) is 1. The monoisotopic (exact) mass is 175 g/mol. The van der Waals surface area contributed by atoms with Crippen LogP contribution in [-0.2, 0) is 4.79 Å². The smallest absolute Gasteiger partial charge is 0.158 e. The molecule has 0 spiro atoms. The highest BCUT2D eigenvalue weighted by molar-refractivity contribution is 5.71. The van der Waals surface area contributed by atoms with Gasteiger partial charge in [0.25, 0.3) is 0 Å². The fourth-order valence-corrected chi connectivity index (χ4v) is 1.75. The lowest BCUT2D eigenvalue weighted by atomic mass is 10.1. The summed E-state index contributed by atoms with van der Waals surface area (Å²) in [6.45, 7) is 0.236. The van der Waals surface area contributed by atoms with Crippen molar-refractivity contribution < 1.29 is 24.6 Å². The highest BCUT2D eigenvalue weighted by Gasteiger charge is 2.48. The zero-order valence-electron chi connectivity index (χ0n) is 7.10. The quantitative estimate of drug-likeness (QED) is 0.414. The summed E-state index contributed by atoms with van der Waals surface area (Å²) >= 11 is 0. The maximum atomic E-state index is 10.6. The number of aliphatic hydroxyl groups excluding tert-OH is 2. The molecule has 0 unspecified atom stereocenters. The van der Waals surface area contributed by atoms with E-state index < -0.39 is 24.2 Å². The number of hydrogen-bond donors (Lipinski definition) is 2. The molecule has 0 amide bonds. The minimum absolute atomic E-state index is 0.0602. The second-order valence-electron chi connectivity index (χ2n) is 3.78. The number of likely N-dealkylation sites (tertiary alicyclic amines) is 1. The van der Waals surface area contributed by atoms with Crippen molar-refractivity contribution in [2.24, 2.45) is 0 Å². The molecule has 1 heterocycles. The molecule has 5 nitrogen and oxygen atoms in total. The lowest BCUT2D eigenvalue weighted by molar-refractivity contribution is -0.898. The molecule has 70 valence electrons. The molecule has 0 aromatic carbocycles. The molecule has 12 heavy (non-hydrogen) atoms. The molecule has 3 atom stereocenters. The Morgan fingerprint density at radius 1 is 1.50 bits per heavy atom. The lowest BCUT2D eigenvalue weighted by Gasteiger charge is -2.32. The first-order chi connectivity index (χ1) is 5.36. The maximum Gasteiger partial charge on any atom is 0.158 e. The van der Waals surface area contributed by atoms with Crippen molar-refractivity contribution in [1.82, 2.24) is 0 Å². The van der Waals surface area contributed by atoms with Crippen LogP contribution in [0.3, 0.4) is 0 Å². The second kappa shape index (κ2) is 2.69. The van der Waals surface area contributed by atoms with Crippen LogP contribution in [0.2, 0.25) is 0 Å². The summed E-state index contributed by atoms with van der Waals surface area (Å²) in [6, 6.07) is -1.03. The number of rotatable bonds is 1. The van der Waals surface area contributed by atoms with Gasteiger partial charge in [0.1, 0.15) is 24.7 Å². The van der Waals surface area contributed by atoms with Crippen molar-refractivity contribution in [3.05, 3.63) is 0 Å². The standard InChI is InChI=1S/C7H13NO4/c1-8(2)3-4(9)6(10)5(8)7(11)12/h4-6,9-10H,3H2,1-2H3/t4-,5+,6+/m1/s1. The molecule has 0 aromatic rings. The topological polar surface area (TPSA) is 80.6 Å². The molecule has 5 heteroatoms. The van der Waals surface area contributed by atoms with Crippen LogP contribution in [0.5, 0.6) is 0 Å². The molecule has 1 saturated heterocycles. The Morgan fingerprint density at radius 3 is 2.17 bits per heavy atom. The average molecular weight is 175 g/mol. The molecule has 1 fully saturated rings. The van der Waals surface area contributed by atoms with E-state index in [0.29, 0.717) is 0 Å². The lowest BCUT2D eigenvalue weighted by Crippen LogP contribution is -2.56. The Morgan fingerprint density at radius 2 is 2.00 bits per heavy atom. The third-order valence-corrected chi connectivity index (χ3v) is 2.37.